The molecule has 0 spiro atoms. The van der Waals surface area contributed by atoms with Gasteiger partial charge in [0.1, 0.15) is 6.33 Å². The summed E-state index contributed by atoms with van der Waals surface area (Å²) in [5.74, 6) is 2.50. The van der Waals surface area contributed by atoms with Crippen LogP contribution in [0.25, 0.3) is 11.9 Å². The second-order valence-electron chi connectivity index (χ2n) is 25.9. The number of azo groups is 2. The number of sulfonamides is 2. The Hall–Kier alpha value is -5.51. The van der Waals surface area contributed by atoms with Crippen LogP contribution < -0.4 is 9.80 Å². The molecule has 0 fully saturated rings. The first-order valence-electron chi connectivity index (χ1n) is 32.1. The highest BCUT2D eigenvalue weighted by atomic mass is 32.2. The fraction of sp³-hybridized carbons (Fsp3) is 0.677. The van der Waals surface area contributed by atoms with Gasteiger partial charge in [-0.3, -0.25) is 0 Å². The minimum Gasteiger partial charge on any atom is -0.361 e. The van der Waals surface area contributed by atoms with Gasteiger partial charge in [-0.2, -0.15) is 53.4 Å². The Labute approximate surface area is 518 Å². The maximum absolute atomic E-state index is 14.8. The van der Waals surface area contributed by atoms with Crippen molar-refractivity contribution in [2.45, 2.75) is 220 Å². The molecule has 21 heteroatoms. The molecule has 0 amide bonds. The quantitative estimate of drug-likeness (QED) is 0.0345. The molecular weight excluding hydrogens is 1120 g/mol. The van der Waals surface area contributed by atoms with Crippen LogP contribution in [0.3, 0.4) is 0 Å². The molecule has 0 aliphatic heterocycles. The predicted octanol–water partition coefficient (Wildman–Crippen LogP) is 16.6. The first kappa shape index (κ1) is 71.2. The molecule has 0 aliphatic rings. The van der Waals surface area contributed by atoms with E-state index in [1.807, 2.05) is 79.5 Å². The molecule has 19 nitrogen and oxygen atoms in total. The summed E-state index contributed by atoms with van der Waals surface area (Å²) in [7, 11) is -0.249. The first-order chi connectivity index (χ1) is 40.7. The first-order valence-corrected chi connectivity index (χ1v) is 35.0. The summed E-state index contributed by atoms with van der Waals surface area (Å²) in [4.78, 5) is 18.5. The van der Waals surface area contributed by atoms with Crippen LogP contribution in [0, 0.1) is 23.7 Å². The van der Waals surface area contributed by atoms with Crippen molar-refractivity contribution in [3.63, 3.8) is 0 Å². The number of benzene rings is 2. The molecule has 4 unspecified atom stereocenters. The fourth-order valence-electron chi connectivity index (χ4n) is 10.8. The molecule has 0 saturated carbocycles. The lowest BCUT2D eigenvalue weighted by molar-refractivity contribution is 0.270. The molecule has 478 valence electrons. The molecule has 5 aromatic rings. The zero-order valence-electron chi connectivity index (χ0n) is 55.8. The van der Waals surface area contributed by atoms with E-state index in [9.17, 15) is 16.8 Å². The normalized spacial score (nSPS) is 14.3. The van der Waals surface area contributed by atoms with Gasteiger partial charge in [0.2, 0.25) is 20.0 Å². The van der Waals surface area contributed by atoms with Crippen LogP contribution in [0.2, 0.25) is 0 Å². The molecule has 2 aromatic carbocycles. The highest BCUT2D eigenvalue weighted by Crippen LogP contribution is 2.43. The Morgan fingerprint density at radius 3 is 1.06 bits per heavy atom. The molecule has 0 radical (unpaired) electrons. The largest absolute Gasteiger partial charge is 0.361 e. The van der Waals surface area contributed by atoms with Crippen molar-refractivity contribution in [3.8, 4) is 11.9 Å². The maximum atomic E-state index is 14.8. The second kappa shape index (κ2) is 32.6. The van der Waals surface area contributed by atoms with E-state index in [1.54, 1.807) is 66.5 Å². The standard InChI is InChI=1S/C65H107N15O4S2/c1-19-27-33-48(23-5)43-77(44-49(24-6)34-28-20-2)85(81,82)54-39-31-37-52(41-54)69-71-56-58(64(9,10)11)73-79(60(56)75(15)16)62-66-47-67-63(68-62)80-61(76(17)18)57(59(74-80)65(12,13)14)72-70-53-38-32-40-55(42-53)86(83,84)78(45-50(25-7)35-29-21-3)46-51(26-8)36-30-22-4/h31-32,37-42,47-51H,19-30,33-36,43-46H2,1-18H3/b71-69+,72-70+. The summed E-state index contributed by atoms with van der Waals surface area (Å²) >= 11 is 0. The molecule has 5 rings (SSSR count). The molecule has 0 N–H and O–H groups in total. The van der Waals surface area contributed by atoms with Gasteiger partial charge in [0, 0.05) is 65.2 Å². The van der Waals surface area contributed by atoms with Gasteiger partial charge in [0.25, 0.3) is 11.9 Å². The lowest BCUT2D eigenvalue weighted by atomic mass is 9.91. The predicted molar refractivity (Wildman–Crippen MR) is 352 cm³/mol. The van der Waals surface area contributed by atoms with Gasteiger partial charge in [-0.15, -0.1) is 10.2 Å². The summed E-state index contributed by atoms with van der Waals surface area (Å²) in [6.45, 7) is 31.5. The molecule has 4 atom stereocenters. The van der Waals surface area contributed by atoms with Crippen molar-refractivity contribution in [3.05, 3.63) is 66.2 Å². The molecule has 3 heterocycles. The third kappa shape index (κ3) is 18.8. The summed E-state index contributed by atoms with van der Waals surface area (Å²) < 4.78 is 65.9. The van der Waals surface area contributed by atoms with Gasteiger partial charge < -0.3 is 9.80 Å². The van der Waals surface area contributed by atoms with Gasteiger partial charge in [-0.05, 0) is 85.8 Å². The zero-order valence-corrected chi connectivity index (χ0v) is 57.4. The Morgan fingerprint density at radius 2 is 0.791 bits per heavy atom. The van der Waals surface area contributed by atoms with E-state index < -0.39 is 30.9 Å². The molecule has 86 heavy (non-hydrogen) atoms. The number of hydrogen-bond acceptors (Lipinski definition) is 15. The molecular formula is C65H107N15O4S2. The number of unbranched alkanes of at least 4 members (excludes halogenated alkanes) is 4. The summed E-state index contributed by atoms with van der Waals surface area (Å²) in [5, 5.41) is 29.5. The molecule has 0 aliphatic carbocycles. The average Bonchev–Trinajstić information content (AvgIpc) is 2.16. The Bertz CT molecular complexity index is 2950. The van der Waals surface area contributed by atoms with E-state index in [0.717, 1.165) is 103 Å². The van der Waals surface area contributed by atoms with E-state index in [4.69, 9.17) is 35.6 Å². The van der Waals surface area contributed by atoms with Gasteiger partial charge in [-0.1, -0.05) is 186 Å². The van der Waals surface area contributed by atoms with Crippen molar-refractivity contribution in [2.75, 3.05) is 64.2 Å². The topological polar surface area (TPSA) is 205 Å². The van der Waals surface area contributed by atoms with Gasteiger partial charge >= 0.3 is 0 Å². The minimum atomic E-state index is -3.89. The molecule has 3 aromatic heterocycles. The van der Waals surface area contributed by atoms with Crippen molar-refractivity contribution in [2.24, 2.45) is 44.1 Å². The third-order valence-corrected chi connectivity index (χ3v) is 20.0. The van der Waals surface area contributed by atoms with E-state index in [2.05, 4.69) is 65.4 Å². The Morgan fingerprint density at radius 1 is 0.477 bits per heavy atom. The highest BCUT2D eigenvalue weighted by Gasteiger charge is 2.35. The number of aromatic nitrogens is 7. The Kier molecular flexibility index (Phi) is 27.0. The van der Waals surface area contributed by atoms with Crippen LogP contribution in [0.15, 0.2) is 85.1 Å². The monoisotopic (exact) mass is 1230 g/mol. The lowest BCUT2D eigenvalue weighted by Gasteiger charge is -2.30. The number of anilines is 2. The van der Waals surface area contributed by atoms with Crippen molar-refractivity contribution < 1.29 is 16.8 Å². The number of hydrogen-bond donors (Lipinski definition) is 0. The van der Waals surface area contributed by atoms with Gasteiger partial charge in [0.15, 0.2) is 23.0 Å². The van der Waals surface area contributed by atoms with Gasteiger partial charge in [-0.25, -0.2) is 16.8 Å². The van der Waals surface area contributed by atoms with Crippen LogP contribution in [0.5, 0.6) is 0 Å². The second-order valence-corrected chi connectivity index (χ2v) is 29.8. The summed E-state index contributed by atoms with van der Waals surface area (Å²) in [6.07, 6.45) is 17.5. The minimum absolute atomic E-state index is 0.187. The Balaban J connectivity index is 1.59. The van der Waals surface area contributed by atoms with Crippen LogP contribution in [0.4, 0.5) is 34.4 Å². The van der Waals surface area contributed by atoms with Crippen LogP contribution >= 0.6 is 0 Å². The van der Waals surface area contributed by atoms with Crippen LogP contribution in [-0.2, 0) is 30.9 Å². The third-order valence-electron chi connectivity index (χ3n) is 16.3. The van der Waals surface area contributed by atoms with Gasteiger partial charge in [0.05, 0.1) is 32.6 Å². The fourth-order valence-corrected chi connectivity index (χ4v) is 14.1. The smallest absolute Gasteiger partial charge is 0.257 e. The van der Waals surface area contributed by atoms with Crippen LogP contribution in [-0.4, -0.2) is 114 Å². The maximum Gasteiger partial charge on any atom is 0.257 e. The van der Waals surface area contributed by atoms with E-state index in [1.165, 1.54) is 6.33 Å². The highest BCUT2D eigenvalue weighted by molar-refractivity contribution is 7.89. The summed E-state index contributed by atoms with van der Waals surface area (Å²) in [6, 6.07) is 13.6. The SMILES string of the molecule is CCCCC(CC)CN(CC(CC)CCCC)S(=O)(=O)c1cccc(/N=N/c2c(C(C)(C)C)nn(-c3ncnc(-n4nc(C(C)(C)C)c(/N=N/c5cccc(S(=O)(=O)N(CC(CC)CCCC)CC(CC)CCCC)c5)c4N(C)C)n3)c2N(C)C)c1. The average molecular weight is 1230 g/mol. The van der Waals surface area contributed by atoms with E-state index >= 15 is 0 Å². The van der Waals surface area contributed by atoms with Crippen molar-refractivity contribution in [1.82, 2.24) is 43.1 Å². The van der Waals surface area contributed by atoms with Crippen LogP contribution in [0.1, 0.15) is 211 Å². The number of nitrogens with zero attached hydrogens (tertiary/aromatic N) is 15. The van der Waals surface area contributed by atoms with E-state index in [-0.39, 0.29) is 45.4 Å². The number of rotatable bonds is 36. The zero-order chi connectivity index (χ0) is 63.6. The van der Waals surface area contributed by atoms with Crippen molar-refractivity contribution >= 4 is 54.4 Å². The molecule has 0 saturated heterocycles. The lowest BCUT2D eigenvalue weighted by Crippen LogP contribution is -2.39. The summed E-state index contributed by atoms with van der Waals surface area (Å²) in [5.41, 5.74) is 1.84. The van der Waals surface area contributed by atoms with E-state index in [0.29, 0.717) is 72.0 Å². The van der Waals surface area contributed by atoms with Crippen molar-refractivity contribution in [1.29, 1.82) is 0 Å². The molecule has 0 bridgehead atoms.